The Morgan fingerprint density at radius 2 is 1.72 bits per heavy atom. The number of ether oxygens (including phenoxy) is 1. The minimum absolute atomic E-state index is 0.0154. The molecule has 4 nitrogen and oxygen atoms in total. The Hall–Kier alpha value is -3.23. The van der Waals surface area contributed by atoms with Gasteiger partial charge in [-0.15, -0.1) is 0 Å². The van der Waals surface area contributed by atoms with Crippen LogP contribution in [0.4, 0.5) is 22.0 Å². The molecule has 2 aromatic carbocycles. The predicted octanol–water partition coefficient (Wildman–Crippen LogP) is 4.52. The van der Waals surface area contributed by atoms with Crippen molar-refractivity contribution in [3.8, 4) is 0 Å². The summed E-state index contributed by atoms with van der Waals surface area (Å²) in [5.74, 6) is -2.68. The Morgan fingerprint density at radius 1 is 1.07 bits per heavy atom. The standard InChI is InChI=1S/C20H14F5NO3/c1-2-29-19(28)16-10-26(9-11-5-13(21)8-14(22)6-11)17-7-12(20(23,24)25)3-4-15(17)18(16)27/h3-8,10H,2,9H2,1H3. The molecule has 0 atom stereocenters. The van der Waals surface area contributed by atoms with Gasteiger partial charge in [0.05, 0.1) is 17.7 Å². The highest BCUT2D eigenvalue weighted by Crippen LogP contribution is 2.31. The SMILES string of the molecule is CCOC(=O)c1cn(Cc2cc(F)cc(F)c2)c2cc(C(F)(F)F)ccc2c1=O. The average molecular weight is 411 g/mol. The van der Waals surface area contributed by atoms with Crippen LogP contribution in [-0.2, 0) is 17.5 Å². The molecule has 9 heteroatoms. The van der Waals surface area contributed by atoms with Gasteiger partial charge in [0, 0.05) is 24.2 Å². The van der Waals surface area contributed by atoms with Crippen molar-refractivity contribution in [2.45, 2.75) is 19.6 Å². The fraction of sp³-hybridized carbons (Fsp3) is 0.200. The van der Waals surface area contributed by atoms with Crippen molar-refractivity contribution in [2.75, 3.05) is 6.61 Å². The Bertz CT molecular complexity index is 1130. The van der Waals surface area contributed by atoms with Crippen molar-refractivity contribution < 1.29 is 31.5 Å². The summed E-state index contributed by atoms with van der Waals surface area (Å²) in [4.78, 5) is 24.7. The number of carbonyl (C=O) groups is 1. The predicted molar refractivity (Wildman–Crippen MR) is 94.6 cm³/mol. The molecule has 0 bridgehead atoms. The van der Waals surface area contributed by atoms with E-state index in [-0.39, 0.29) is 29.6 Å². The minimum atomic E-state index is -4.67. The number of pyridine rings is 1. The first kappa shape index (κ1) is 20.5. The van der Waals surface area contributed by atoms with E-state index in [2.05, 4.69) is 0 Å². The molecular formula is C20H14F5NO3. The molecule has 1 aromatic heterocycles. The summed E-state index contributed by atoms with van der Waals surface area (Å²) in [7, 11) is 0. The largest absolute Gasteiger partial charge is 0.462 e. The third kappa shape index (κ3) is 4.28. The van der Waals surface area contributed by atoms with E-state index >= 15 is 0 Å². The van der Waals surface area contributed by atoms with Crippen LogP contribution in [-0.4, -0.2) is 17.1 Å². The maximum Gasteiger partial charge on any atom is 0.416 e. The lowest BCUT2D eigenvalue weighted by Crippen LogP contribution is -2.21. The summed E-state index contributed by atoms with van der Waals surface area (Å²) in [6, 6.07) is 5.10. The zero-order valence-electron chi connectivity index (χ0n) is 15.0. The Kier molecular flexibility index (Phi) is 5.41. The van der Waals surface area contributed by atoms with Crippen LogP contribution in [0.2, 0.25) is 0 Å². The van der Waals surface area contributed by atoms with E-state index in [9.17, 15) is 31.5 Å². The first-order valence-electron chi connectivity index (χ1n) is 8.46. The number of hydrogen-bond donors (Lipinski definition) is 0. The molecule has 0 aliphatic carbocycles. The molecule has 0 N–H and O–H groups in total. The molecule has 0 aliphatic heterocycles. The zero-order valence-corrected chi connectivity index (χ0v) is 15.0. The van der Waals surface area contributed by atoms with E-state index < -0.39 is 40.3 Å². The van der Waals surface area contributed by atoms with Crippen molar-refractivity contribution >= 4 is 16.9 Å². The van der Waals surface area contributed by atoms with Crippen molar-refractivity contribution in [3.63, 3.8) is 0 Å². The summed E-state index contributed by atoms with van der Waals surface area (Å²) in [5, 5.41) is -0.152. The Labute approximate surface area is 161 Å². The molecule has 1 heterocycles. The van der Waals surface area contributed by atoms with Gasteiger partial charge in [-0.05, 0) is 42.8 Å². The molecule has 0 spiro atoms. The van der Waals surface area contributed by atoms with E-state index in [0.717, 1.165) is 41.1 Å². The number of hydrogen-bond acceptors (Lipinski definition) is 3. The number of alkyl halides is 3. The van der Waals surface area contributed by atoms with Gasteiger partial charge >= 0.3 is 12.1 Å². The topological polar surface area (TPSA) is 48.3 Å². The van der Waals surface area contributed by atoms with Crippen LogP contribution in [0.15, 0.2) is 47.4 Å². The monoisotopic (exact) mass is 411 g/mol. The molecule has 29 heavy (non-hydrogen) atoms. The van der Waals surface area contributed by atoms with Crippen molar-refractivity contribution in [2.24, 2.45) is 0 Å². The fourth-order valence-electron chi connectivity index (χ4n) is 2.95. The Morgan fingerprint density at radius 3 is 2.31 bits per heavy atom. The van der Waals surface area contributed by atoms with Crippen molar-refractivity contribution in [1.29, 1.82) is 0 Å². The number of halogens is 5. The average Bonchev–Trinajstić information content (AvgIpc) is 2.62. The third-order valence-electron chi connectivity index (χ3n) is 4.18. The van der Waals surface area contributed by atoms with Crippen LogP contribution in [0.25, 0.3) is 10.9 Å². The molecular weight excluding hydrogens is 397 g/mol. The fourth-order valence-corrected chi connectivity index (χ4v) is 2.95. The number of aromatic nitrogens is 1. The van der Waals surface area contributed by atoms with E-state index in [4.69, 9.17) is 4.74 Å². The second-order valence-corrected chi connectivity index (χ2v) is 6.23. The van der Waals surface area contributed by atoms with Gasteiger partial charge < -0.3 is 9.30 Å². The van der Waals surface area contributed by atoms with Gasteiger partial charge in [-0.3, -0.25) is 4.79 Å². The lowest BCUT2D eigenvalue weighted by molar-refractivity contribution is -0.137. The molecule has 0 unspecified atom stereocenters. The van der Waals surface area contributed by atoms with Crippen molar-refractivity contribution in [1.82, 2.24) is 4.57 Å². The minimum Gasteiger partial charge on any atom is -0.462 e. The molecule has 3 rings (SSSR count). The van der Waals surface area contributed by atoms with E-state index in [0.29, 0.717) is 6.07 Å². The van der Waals surface area contributed by atoms with Crippen molar-refractivity contribution in [3.05, 3.63) is 81.1 Å². The van der Waals surface area contributed by atoms with E-state index in [1.807, 2.05) is 0 Å². The van der Waals surface area contributed by atoms with Crippen LogP contribution in [0, 0.1) is 11.6 Å². The van der Waals surface area contributed by atoms with Gasteiger partial charge in [0.15, 0.2) is 0 Å². The van der Waals surface area contributed by atoms with E-state index in [1.165, 1.54) is 6.92 Å². The number of esters is 1. The summed E-state index contributed by atoms with van der Waals surface area (Å²) < 4.78 is 72.4. The maximum absolute atomic E-state index is 13.5. The normalized spacial score (nSPS) is 11.7. The lowest BCUT2D eigenvalue weighted by atomic mass is 10.1. The summed E-state index contributed by atoms with van der Waals surface area (Å²) in [6.45, 7) is 1.24. The first-order valence-corrected chi connectivity index (χ1v) is 8.46. The van der Waals surface area contributed by atoms with Crippen LogP contribution >= 0.6 is 0 Å². The van der Waals surface area contributed by atoms with Gasteiger partial charge in [-0.25, -0.2) is 13.6 Å². The second kappa shape index (κ2) is 7.65. The van der Waals surface area contributed by atoms with Crippen LogP contribution in [0.3, 0.4) is 0 Å². The number of rotatable bonds is 4. The number of nitrogens with zero attached hydrogens (tertiary/aromatic N) is 1. The van der Waals surface area contributed by atoms with Crippen LogP contribution in [0.5, 0.6) is 0 Å². The molecule has 0 fully saturated rings. The molecule has 3 aromatic rings. The zero-order chi connectivity index (χ0) is 21.3. The van der Waals surface area contributed by atoms with E-state index in [1.54, 1.807) is 0 Å². The number of benzene rings is 2. The molecule has 0 saturated carbocycles. The molecule has 0 saturated heterocycles. The van der Waals surface area contributed by atoms with Gasteiger partial charge in [0.1, 0.15) is 17.2 Å². The quantitative estimate of drug-likeness (QED) is 0.469. The smallest absolute Gasteiger partial charge is 0.416 e. The molecule has 0 amide bonds. The van der Waals surface area contributed by atoms with Crippen LogP contribution in [0.1, 0.15) is 28.4 Å². The van der Waals surface area contributed by atoms with Gasteiger partial charge in [0.2, 0.25) is 5.43 Å². The third-order valence-corrected chi connectivity index (χ3v) is 4.18. The van der Waals surface area contributed by atoms with Gasteiger partial charge in [-0.2, -0.15) is 13.2 Å². The summed E-state index contributed by atoms with van der Waals surface area (Å²) in [5.41, 5.74) is -2.24. The molecule has 0 radical (unpaired) electrons. The maximum atomic E-state index is 13.5. The highest BCUT2D eigenvalue weighted by molar-refractivity contribution is 5.94. The highest BCUT2D eigenvalue weighted by atomic mass is 19.4. The van der Waals surface area contributed by atoms with Crippen LogP contribution < -0.4 is 5.43 Å². The lowest BCUT2D eigenvalue weighted by Gasteiger charge is -2.15. The summed E-state index contributed by atoms with van der Waals surface area (Å²) >= 11 is 0. The Balaban J connectivity index is 2.26. The molecule has 152 valence electrons. The second-order valence-electron chi connectivity index (χ2n) is 6.23. The molecule has 0 aliphatic rings. The summed E-state index contributed by atoms with van der Waals surface area (Å²) in [6.07, 6.45) is -3.63. The van der Waals surface area contributed by atoms with Gasteiger partial charge in [-0.1, -0.05) is 0 Å². The number of carbonyl (C=O) groups excluding carboxylic acids is 1. The highest BCUT2D eigenvalue weighted by Gasteiger charge is 2.31. The van der Waals surface area contributed by atoms with Gasteiger partial charge in [0.25, 0.3) is 0 Å². The number of fused-ring (bicyclic) bond motifs is 1. The first-order chi connectivity index (χ1) is 13.6.